The lowest BCUT2D eigenvalue weighted by molar-refractivity contribution is -0.384. The molecule has 5 nitrogen and oxygen atoms in total. The molecule has 0 bridgehead atoms. The van der Waals surface area contributed by atoms with Gasteiger partial charge in [0.1, 0.15) is 6.07 Å². The molecule has 6 heteroatoms. The second-order valence-electron chi connectivity index (χ2n) is 3.85. The summed E-state index contributed by atoms with van der Waals surface area (Å²) in [7, 11) is 0. The predicted molar refractivity (Wildman–Crippen MR) is 74.3 cm³/mol. The number of nitro groups is 1. The fourth-order valence-corrected chi connectivity index (χ4v) is 2.38. The van der Waals surface area contributed by atoms with Crippen molar-refractivity contribution in [3.63, 3.8) is 0 Å². The molecule has 0 fully saturated rings. The minimum atomic E-state index is -0.504. The monoisotopic (exact) mass is 273 g/mol. The van der Waals surface area contributed by atoms with Crippen molar-refractivity contribution in [2.75, 3.05) is 11.9 Å². The number of nitrogens with zero attached hydrogens (tertiary/aromatic N) is 2. The van der Waals surface area contributed by atoms with Gasteiger partial charge in [0.25, 0.3) is 5.69 Å². The van der Waals surface area contributed by atoms with E-state index in [2.05, 4.69) is 5.32 Å². The van der Waals surface area contributed by atoms with E-state index >= 15 is 0 Å². The van der Waals surface area contributed by atoms with Crippen LogP contribution in [0.5, 0.6) is 0 Å². The lowest BCUT2D eigenvalue weighted by atomic mass is 10.1. The molecule has 0 saturated carbocycles. The Morgan fingerprint density at radius 2 is 2.26 bits per heavy atom. The van der Waals surface area contributed by atoms with Crippen LogP contribution >= 0.6 is 11.3 Å². The molecule has 0 radical (unpaired) electrons. The Morgan fingerprint density at radius 3 is 2.89 bits per heavy atom. The number of hydrogen-bond donors (Lipinski definition) is 1. The van der Waals surface area contributed by atoms with Gasteiger partial charge >= 0.3 is 0 Å². The van der Waals surface area contributed by atoms with Crippen molar-refractivity contribution in [3.8, 4) is 6.07 Å². The zero-order valence-corrected chi connectivity index (χ0v) is 10.8. The number of thiophene rings is 1. The maximum absolute atomic E-state index is 10.6. The molecule has 1 N–H and O–H groups in total. The van der Waals surface area contributed by atoms with Gasteiger partial charge in [-0.15, -0.1) is 11.3 Å². The van der Waals surface area contributed by atoms with E-state index in [4.69, 9.17) is 5.26 Å². The molecule has 0 aliphatic carbocycles. The molecule has 0 atom stereocenters. The molecule has 0 amide bonds. The molecule has 2 aromatic rings. The number of benzene rings is 1. The van der Waals surface area contributed by atoms with Crippen LogP contribution in [0.1, 0.15) is 10.4 Å². The average Bonchev–Trinajstić information content (AvgIpc) is 2.92. The van der Waals surface area contributed by atoms with E-state index in [0.29, 0.717) is 17.8 Å². The molecule has 19 heavy (non-hydrogen) atoms. The number of nitriles is 1. The fraction of sp³-hybridized carbons (Fsp3) is 0.154. The molecule has 0 aliphatic rings. The van der Waals surface area contributed by atoms with Gasteiger partial charge in [-0.05, 0) is 23.9 Å². The Kier molecular flexibility index (Phi) is 4.11. The first-order valence-electron chi connectivity index (χ1n) is 5.65. The van der Waals surface area contributed by atoms with E-state index in [1.165, 1.54) is 17.0 Å². The van der Waals surface area contributed by atoms with E-state index in [-0.39, 0.29) is 5.69 Å². The van der Waals surface area contributed by atoms with Gasteiger partial charge in [0.15, 0.2) is 0 Å². The smallest absolute Gasteiger partial charge is 0.270 e. The largest absolute Gasteiger partial charge is 0.384 e. The number of nitrogens with one attached hydrogen (secondary N) is 1. The van der Waals surface area contributed by atoms with Gasteiger partial charge in [0, 0.05) is 23.6 Å². The van der Waals surface area contributed by atoms with Gasteiger partial charge < -0.3 is 5.32 Å². The lowest BCUT2D eigenvalue weighted by Gasteiger charge is -2.07. The molecule has 0 aliphatic heterocycles. The Labute approximate surface area is 114 Å². The summed E-state index contributed by atoms with van der Waals surface area (Å²) in [6.07, 6.45) is 0.861. The summed E-state index contributed by atoms with van der Waals surface area (Å²) in [6.45, 7) is 0.688. The van der Waals surface area contributed by atoms with E-state index in [1.807, 2.05) is 23.6 Å². The van der Waals surface area contributed by atoms with Crippen LogP contribution in [0.3, 0.4) is 0 Å². The van der Waals surface area contributed by atoms with E-state index in [9.17, 15) is 10.1 Å². The van der Waals surface area contributed by atoms with Crippen molar-refractivity contribution in [1.29, 1.82) is 5.26 Å². The van der Waals surface area contributed by atoms with Crippen LogP contribution in [0.2, 0.25) is 0 Å². The van der Waals surface area contributed by atoms with E-state index < -0.39 is 4.92 Å². The van der Waals surface area contributed by atoms with Crippen LogP contribution in [0.4, 0.5) is 11.4 Å². The lowest BCUT2D eigenvalue weighted by Crippen LogP contribution is -2.05. The van der Waals surface area contributed by atoms with Crippen molar-refractivity contribution in [2.24, 2.45) is 0 Å². The normalized spacial score (nSPS) is 9.84. The molecule has 0 saturated heterocycles. The van der Waals surface area contributed by atoms with Crippen LogP contribution in [-0.4, -0.2) is 11.5 Å². The third-order valence-electron chi connectivity index (χ3n) is 2.60. The highest BCUT2D eigenvalue weighted by Crippen LogP contribution is 2.21. The van der Waals surface area contributed by atoms with Gasteiger partial charge in [0.2, 0.25) is 0 Å². The first kappa shape index (κ1) is 13.1. The summed E-state index contributed by atoms with van der Waals surface area (Å²) >= 11 is 1.68. The summed E-state index contributed by atoms with van der Waals surface area (Å²) in [4.78, 5) is 11.4. The Bertz CT molecular complexity index is 617. The summed E-state index contributed by atoms with van der Waals surface area (Å²) in [5, 5.41) is 24.8. The van der Waals surface area contributed by atoms with Gasteiger partial charge in [-0.1, -0.05) is 6.07 Å². The Balaban J connectivity index is 2.04. The van der Waals surface area contributed by atoms with Crippen LogP contribution in [0.15, 0.2) is 35.7 Å². The number of anilines is 1. The molecule has 1 aromatic heterocycles. The van der Waals surface area contributed by atoms with Crippen LogP contribution in [0, 0.1) is 21.4 Å². The zero-order chi connectivity index (χ0) is 13.7. The van der Waals surface area contributed by atoms with Crippen molar-refractivity contribution in [2.45, 2.75) is 6.42 Å². The van der Waals surface area contributed by atoms with Gasteiger partial charge in [0.05, 0.1) is 16.2 Å². The highest BCUT2D eigenvalue weighted by atomic mass is 32.1. The predicted octanol–water partition coefficient (Wildman–Crippen LogP) is 3.18. The molecule has 1 aromatic carbocycles. The highest BCUT2D eigenvalue weighted by Gasteiger charge is 2.10. The molecule has 0 spiro atoms. The standard InChI is InChI=1S/C13H11N3O2S/c14-9-10-8-11(16(17)18)3-4-13(10)15-6-5-12-2-1-7-19-12/h1-4,7-8,15H,5-6H2. The summed E-state index contributed by atoms with van der Waals surface area (Å²) in [5.74, 6) is 0. The maximum Gasteiger partial charge on any atom is 0.270 e. The van der Waals surface area contributed by atoms with Crippen molar-refractivity contribution in [3.05, 3.63) is 56.3 Å². The molecule has 1 heterocycles. The summed E-state index contributed by atoms with van der Waals surface area (Å²) in [6, 6.07) is 10.3. The van der Waals surface area contributed by atoms with Crippen LogP contribution in [0.25, 0.3) is 0 Å². The third-order valence-corrected chi connectivity index (χ3v) is 3.54. The Morgan fingerprint density at radius 1 is 1.42 bits per heavy atom. The molecule has 0 unspecified atom stereocenters. The van der Waals surface area contributed by atoms with E-state index in [0.717, 1.165) is 6.42 Å². The summed E-state index contributed by atoms with van der Waals surface area (Å²) < 4.78 is 0. The van der Waals surface area contributed by atoms with Crippen LogP contribution < -0.4 is 5.32 Å². The van der Waals surface area contributed by atoms with Gasteiger partial charge in [-0.25, -0.2) is 0 Å². The Hall–Kier alpha value is -2.39. The first-order valence-corrected chi connectivity index (χ1v) is 6.53. The molecule has 2 rings (SSSR count). The van der Waals surface area contributed by atoms with Crippen molar-refractivity contribution in [1.82, 2.24) is 0 Å². The minimum absolute atomic E-state index is 0.0691. The molecular formula is C13H11N3O2S. The SMILES string of the molecule is N#Cc1cc([N+](=O)[O-])ccc1NCCc1cccs1. The highest BCUT2D eigenvalue weighted by molar-refractivity contribution is 7.09. The summed E-state index contributed by atoms with van der Waals surface area (Å²) in [5.41, 5.74) is 0.852. The van der Waals surface area contributed by atoms with Crippen molar-refractivity contribution < 1.29 is 4.92 Å². The van der Waals surface area contributed by atoms with E-state index in [1.54, 1.807) is 17.4 Å². The second kappa shape index (κ2) is 5.98. The van der Waals surface area contributed by atoms with Gasteiger partial charge in [-0.2, -0.15) is 5.26 Å². The number of non-ortho nitro benzene ring substituents is 1. The number of hydrogen-bond acceptors (Lipinski definition) is 5. The van der Waals surface area contributed by atoms with Crippen molar-refractivity contribution >= 4 is 22.7 Å². The second-order valence-corrected chi connectivity index (χ2v) is 4.89. The zero-order valence-electron chi connectivity index (χ0n) is 10.00. The number of nitro benzene ring substituents is 1. The minimum Gasteiger partial charge on any atom is -0.384 e. The third kappa shape index (κ3) is 3.30. The molecule has 96 valence electrons. The fourth-order valence-electron chi connectivity index (χ4n) is 1.67. The first-order chi connectivity index (χ1) is 9.20. The topological polar surface area (TPSA) is 79.0 Å². The van der Waals surface area contributed by atoms with Crippen LogP contribution in [-0.2, 0) is 6.42 Å². The quantitative estimate of drug-likeness (QED) is 0.670. The molecular weight excluding hydrogens is 262 g/mol. The average molecular weight is 273 g/mol. The number of rotatable bonds is 5. The van der Waals surface area contributed by atoms with Gasteiger partial charge in [-0.3, -0.25) is 10.1 Å². The maximum atomic E-state index is 10.6.